The number of benzene rings is 1. The predicted octanol–water partition coefficient (Wildman–Crippen LogP) is 2.73. The zero-order valence-electron chi connectivity index (χ0n) is 12.8. The molecule has 1 amide bonds. The molecule has 1 heterocycles. The molecule has 0 atom stereocenters. The van der Waals surface area contributed by atoms with E-state index in [0.29, 0.717) is 43.2 Å². The molecule has 2 N–H and O–H groups in total. The lowest BCUT2D eigenvalue weighted by Gasteiger charge is -2.37. The Morgan fingerprint density at radius 2 is 2.14 bits per heavy atom. The largest absolute Gasteiger partial charge is 0.381 e. The summed E-state index contributed by atoms with van der Waals surface area (Å²) in [5.74, 6) is -0.559. The first-order chi connectivity index (χ1) is 10.5. The summed E-state index contributed by atoms with van der Waals surface area (Å²) >= 11 is 6.07. The Morgan fingerprint density at radius 1 is 1.45 bits per heavy atom. The van der Waals surface area contributed by atoms with Crippen molar-refractivity contribution in [2.45, 2.75) is 38.3 Å². The topological polar surface area (TPSA) is 55.6 Å². The van der Waals surface area contributed by atoms with Crippen molar-refractivity contribution in [1.82, 2.24) is 4.90 Å². The van der Waals surface area contributed by atoms with Gasteiger partial charge in [0.1, 0.15) is 5.82 Å². The molecule has 6 heteroatoms. The number of carbonyl (C=O) groups excluding carboxylic acids is 1. The molecule has 0 saturated carbocycles. The standard InChI is InChI=1S/C16H22ClFN2O2/c1-2-8-20(11-12-13(17)4-3-5-14(12)18)15(21)16(19)6-9-22-10-7-16/h3-5H,2,6-11,19H2,1H3. The molecular formula is C16H22ClFN2O2. The van der Waals surface area contributed by atoms with Crippen LogP contribution in [0.1, 0.15) is 31.7 Å². The van der Waals surface area contributed by atoms with Crippen LogP contribution in [0.15, 0.2) is 18.2 Å². The van der Waals surface area contributed by atoms with Gasteiger partial charge in [0.05, 0.1) is 12.1 Å². The van der Waals surface area contributed by atoms with Gasteiger partial charge in [0.2, 0.25) is 5.91 Å². The minimum atomic E-state index is -0.925. The van der Waals surface area contributed by atoms with Gasteiger partial charge in [-0.3, -0.25) is 4.79 Å². The summed E-state index contributed by atoms with van der Waals surface area (Å²) in [6, 6.07) is 4.53. The first-order valence-electron chi connectivity index (χ1n) is 7.57. The number of nitrogens with zero attached hydrogens (tertiary/aromatic N) is 1. The highest BCUT2D eigenvalue weighted by Gasteiger charge is 2.39. The van der Waals surface area contributed by atoms with Crippen LogP contribution < -0.4 is 5.73 Å². The van der Waals surface area contributed by atoms with Gasteiger partial charge in [-0.1, -0.05) is 24.6 Å². The molecule has 122 valence electrons. The second-order valence-electron chi connectivity index (χ2n) is 5.70. The Bertz CT molecular complexity index is 513. The van der Waals surface area contributed by atoms with E-state index in [9.17, 15) is 9.18 Å². The zero-order valence-corrected chi connectivity index (χ0v) is 13.5. The van der Waals surface area contributed by atoms with Crippen LogP contribution >= 0.6 is 11.6 Å². The molecule has 0 bridgehead atoms. The molecule has 2 rings (SSSR count). The molecule has 0 unspecified atom stereocenters. The van der Waals surface area contributed by atoms with Gasteiger partial charge in [0.15, 0.2) is 0 Å². The fourth-order valence-electron chi connectivity index (χ4n) is 2.66. The van der Waals surface area contributed by atoms with Gasteiger partial charge in [-0.05, 0) is 31.4 Å². The van der Waals surface area contributed by atoms with Gasteiger partial charge >= 0.3 is 0 Å². The van der Waals surface area contributed by atoms with Gasteiger partial charge in [-0.2, -0.15) is 0 Å². The van der Waals surface area contributed by atoms with Gasteiger partial charge in [0, 0.05) is 30.3 Å². The summed E-state index contributed by atoms with van der Waals surface area (Å²) < 4.78 is 19.3. The Labute approximate surface area is 135 Å². The van der Waals surface area contributed by atoms with Crippen LogP contribution in [0.3, 0.4) is 0 Å². The Hall–Kier alpha value is -1.17. The van der Waals surface area contributed by atoms with Gasteiger partial charge in [0.25, 0.3) is 0 Å². The Balaban J connectivity index is 2.20. The Morgan fingerprint density at radius 3 is 2.73 bits per heavy atom. The predicted molar refractivity (Wildman–Crippen MR) is 84.1 cm³/mol. The molecule has 1 aromatic carbocycles. The maximum absolute atomic E-state index is 14.0. The molecule has 0 aromatic heterocycles. The third kappa shape index (κ3) is 3.77. The average molecular weight is 329 g/mol. The summed E-state index contributed by atoms with van der Waals surface area (Å²) in [6.45, 7) is 3.57. The van der Waals surface area contributed by atoms with Crippen LogP contribution in [0.25, 0.3) is 0 Å². The molecule has 1 aliphatic rings. The van der Waals surface area contributed by atoms with Gasteiger partial charge in [-0.25, -0.2) is 4.39 Å². The molecule has 1 aliphatic heterocycles. The third-order valence-corrected chi connectivity index (χ3v) is 4.36. The normalized spacial score (nSPS) is 17.3. The van der Waals surface area contributed by atoms with Crippen molar-refractivity contribution in [2.24, 2.45) is 5.73 Å². The molecule has 0 aliphatic carbocycles. The fraction of sp³-hybridized carbons (Fsp3) is 0.562. The first-order valence-corrected chi connectivity index (χ1v) is 7.94. The van der Waals surface area contributed by atoms with E-state index < -0.39 is 11.4 Å². The molecule has 0 spiro atoms. The van der Waals surface area contributed by atoms with Crippen LogP contribution in [-0.4, -0.2) is 36.1 Å². The van der Waals surface area contributed by atoms with Crippen molar-refractivity contribution in [2.75, 3.05) is 19.8 Å². The van der Waals surface area contributed by atoms with E-state index in [4.69, 9.17) is 22.1 Å². The lowest BCUT2D eigenvalue weighted by Crippen LogP contribution is -2.58. The van der Waals surface area contributed by atoms with Crippen LogP contribution in [0.4, 0.5) is 4.39 Å². The summed E-state index contributed by atoms with van der Waals surface area (Å²) in [5.41, 5.74) is 5.67. The lowest BCUT2D eigenvalue weighted by molar-refractivity contribution is -0.141. The number of hydrogen-bond acceptors (Lipinski definition) is 3. The average Bonchev–Trinajstić information content (AvgIpc) is 2.50. The molecule has 1 saturated heterocycles. The SMILES string of the molecule is CCCN(Cc1c(F)cccc1Cl)C(=O)C1(N)CCOCC1. The lowest BCUT2D eigenvalue weighted by atomic mass is 9.89. The number of carbonyl (C=O) groups is 1. The molecule has 0 radical (unpaired) electrons. The van der Waals surface area contributed by atoms with Crippen molar-refractivity contribution in [3.63, 3.8) is 0 Å². The number of nitrogens with two attached hydrogens (primary N) is 1. The molecule has 4 nitrogen and oxygen atoms in total. The number of halogens is 2. The van der Waals surface area contributed by atoms with Crippen molar-refractivity contribution >= 4 is 17.5 Å². The number of hydrogen-bond donors (Lipinski definition) is 1. The van der Waals surface area contributed by atoms with Crippen molar-refractivity contribution in [3.05, 3.63) is 34.6 Å². The second kappa shape index (κ2) is 7.40. The van der Waals surface area contributed by atoms with Crippen molar-refractivity contribution in [1.29, 1.82) is 0 Å². The number of rotatable bonds is 5. The second-order valence-corrected chi connectivity index (χ2v) is 6.10. The van der Waals surface area contributed by atoms with E-state index in [2.05, 4.69) is 0 Å². The summed E-state index contributed by atoms with van der Waals surface area (Å²) in [6.07, 6.45) is 1.73. The van der Waals surface area contributed by atoms with Crippen LogP contribution in [0.2, 0.25) is 5.02 Å². The highest BCUT2D eigenvalue weighted by molar-refractivity contribution is 6.31. The molecule has 1 aromatic rings. The first kappa shape index (κ1) is 17.2. The van der Waals surface area contributed by atoms with E-state index >= 15 is 0 Å². The van der Waals surface area contributed by atoms with Crippen molar-refractivity contribution < 1.29 is 13.9 Å². The summed E-state index contributed by atoms with van der Waals surface area (Å²) in [7, 11) is 0. The van der Waals surface area contributed by atoms with E-state index in [0.717, 1.165) is 6.42 Å². The van der Waals surface area contributed by atoms with Crippen LogP contribution in [0.5, 0.6) is 0 Å². The number of ether oxygens (including phenoxy) is 1. The van der Waals surface area contributed by atoms with Crippen LogP contribution in [0, 0.1) is 5.82 Å². The zero-order chi connectivity index (χ0) is 16.2. The molecular weight excluding hydrogens is 307 g/mol. The molecule has 1 fully saturated rings. The summed E-state index contributed by atoms with van der Waals surface area (Å²) in [4.78, 5) is 14.4. The minimum Gasteiger partial charge on any atom is -0.381 e. The third-order valence-electron chi connectivity index (χ3n) is 4.00. The Kier molecular flexibility index (Phi) is 5.78. The van der Waals surface area contributed by atoms with Gasteiger partial charge in [-0.15, -0.1) is 0 Å². The van der Waals surface area contributed by atoms with E-state index in [-0.39, 0.29) is 12.5 Å². The number of amides is 1. The summed E-state index contributed by atoms with van der Waals surface area (Å²) in [5, 5.41) is 0.326. The maximum atomic E-state index is 14.0. The smallest absolute Gasteiger partial charge is 0.243 e. The quantitative estimate of drug-likeness (QED) is 0.904. The van der Waals surface area contributed by atoms with Crippen LogP contribution in [-0.2, 0) is 16.1 Å². The highest BCUT2D eigenvalue weighted by atomic mass is 35.5. The monoisotopic (exact) mass is 328 g/mol. The highest BCUT2D eigenvalue weighted by Crippen LogP contribution is 2.25. The minimum absolute atomic E-state index is 0.137. The van der Waals surface area contributed by atoms with Crippen molar-refractivity contribution in [3.8, 4) is 0 Å². The fourth-order valence-corrected chi connectivity index (χ4v) is 2.88. The maximum Gasteiger partial charge on any atom is 0.243 e. The van der Waals surface area contributed by atoms with E-state index in [1.165, 1.54) is 6.07 Å². The molecule has 22 heavy (non-hydrogen) atoms. The van der Waals surface area contributed by atoms with E-state index in [1.807, 2.05) is 6.92 Å². The van der Waals surface area contributed by atoms with E-state index in [1.54, 1.807) is 17.0 Å². The van der Waals surface area contributed by atoms with Gasteiger partial charge < -0.3 is 15.4 Å².